The van der Waals surface area contributed by atoms with Crippen LogP contribution in [0.1, 0.15) is 27.7 Å². The third-order valence-corrected chi connectivity index (χ3v) is 1.60. The summed E-state index contributed by atoms with van der Waals surface area (Å²) in [6, 6.07) is 0. The van der Waals surface area contributed by atoms with E-state index in [1.54, 1.807) is 6.92 Å². The zero-order valence-electron chi connectivity index (χ0n) is 11.3. The van der Waals surface area contributed by atoms with Crippen LogP contribution in [0.2, 0.25) is 0 Å². The van der Waals surface area contributed by atoms with Gasteiger partial charge in [0.2, 0.25) is 0 Å². The maximum Gasteiger partial charge on any atom is 0.337 e. The highest BCUT2D eigenvalue weighted by atomic mass is 16.5. The molecule has 0 aromatic rings. The zero-order valence-corrected chi connectivity index (χ0v) is 11.3. The predicted octanol–water partition coefficient (Wildman–Crippen LogP) is 0.982. The Balaban J connectivity index is 0. The molecule has 6 nitrogen and oxygen atoms in total. The van der Waals surface area contributed by atoms with Crippen molar-refractivity contribution in [3.63, 3.8) is 0 Å². The Morgan fingerprint density at radius 2 is 1.94 bits per heavy atom. The van der Waals surface area contributed by atoms with Gasteiger partial charge in [-0.25, -0.2) is 9.59 Å². The zero-order chi connectivity index (χ0) is 14.8. The molecule has 1 atom stereocenters. The molecule has 1 unspecified atom stereocenters. The lowest BCUT2D eigenvalue weighted by Crippen LogP contribution is -2.33. The first-order valence-electron chi connectivity index (χ1n) is 5.51. The molecule has 0 aliphatic carbocycles. The Morgan fingerprint density at radius 3 is 2.17 bits per heavy atom. The van der Waals surface area contributed by atoms with Gasteiger partial charge < -0.3 is 19.7 Å². The SMILES string of the molecule is C=CCOC(=O)C(C)(C)O.CCOC(C)C(=O)O. The topological polar surface area (TPSA) is 93.1 Å². The molecule has 0 bridgehead atoms. The van der Waals surface area contributed by atoms with Gasteiger partial charge >= 0.3 is 11.9 Å². The van der Waals surface area contributed by atoms with E-state index in [1.807, 2.05) is 0 Å². The number of ether oxygens (including phenoxy) is 2. The highest BCUT2D eigenvalue weighted by Gasteiger charge is 2.24. The Kier molecular flexibility index (Phi) is 10.1. The van der Waals surface area contributed by atoms with E-state index in [0.717, 1.165) is 0 Å². The van der Waals surface area contributed by atoms with Gasteiger partial charge in [-0.3, -0.25) is 0 Å². The summed E-state index contributed by atoms with van der Waals surface area (Å²) in [5, 5.41) is 17.2. The predicted molar refractivity (Wildman–Crippen MR) is 66.2 cm³/mol. The summed E-state index contributed by atoms with van der Waals surface area (Å²) < 4.78 is 9.25. The van der Waals surface area contributed by atoms with Gasteiger partial charge in [-0.15, -0.1) is 0 Å². The van der Waals surface area contributed by atoms with Crippen LogP contribution in [-0.2, 0) is 19.1 Å². The second kappa shape index (κ2) is 9.61. The molecule has 0 saturated carbocycles. The van der Waals surface area contributed by atoms with Crippen LogP contribution in [0, 0.1) is 0 Å². The molecule has 2 N–H and O–H groups in total. The molecule has 0 fully saturated rings. The fourth-order valence-corrected chi connectivity index (χ4v) is 0.633. The molecule has 0 radical (unpaired) electrons. The molecular formula is C12H22O6. The van der Waals surface area contributed by atoms with E-state index >= 15 is 0 Å². The largest absolute Gasteiger partial charge is 0.479 e. The van der Waals surface area contributed by atoms with E-state index < -0.39 is 23.6 Å². The fraction of sp³-hybridized carbons (Fsp3) is 0.667. The van der Waals surface area contributed by atoms with Crippen molar-refractivity contribution in [2.24, 2.45) is 0 Å². The van der Waals surface area contributed by atoms with Crippen LogP contribution in [0.25, 0.3) is 0 Å². The lowest BCUT2D eigenvalue weighted by molar-refractivity contribution is -0.160. The smallest absolute Gasteiger partial charge is 0.337 e. The second-order valence-corrected chi connectivity index (χ2v) is 3.88. The summed E-state index contributed by atoms with van der Waals surface area (Å²) in [4.78, 5) is 20.7. The number of carbonyl (C=O) groups is 2. The van der Waals surface area contributed by atoms with Gasteiger partial charge in [0, 0.05) is 6.61 Å². The van der Waals surface area contributed by atoms with Gasteiger partial charge in [0.25, 0.3) is 0 Å². The summed E-state index contributed by atoms with van der Waals surface area (Å²) in [6.07, 6.45) is 0.781. The van der Waals surface area contributed by atoms with E-state index in [1.165, 1.54) is 26.8 Å². The highest BCUT2D eigenvalue weighted by molar-refractivity contribution is 5.78. The molecule has 0 aromatic carbocycles. The molecule has 0 aromatic heterocycles. The molecule has 0 saturated heterocycles. The minimum Gasteiger partial charge on any atom is -0.479 e. The molecule has 0 heterocycles. The highest BCUT2D eigenvalue weighted by Crippen LogP contribution is 2.02. The Morgan fingerprint density at radius 1 is 1.44 bits per heavy atom. The van der Waals surface area contributed by atoms with Crippen molar-refractivity contribution >= 4 is 11.9 Å². The molecule has 0 spiro atoms. The molecule has 0 amide bonds. The van der Waals surface area contributed by atoms with Gasteiger partial charge in [0.05, 0.1) is 0 Å². The minimum atomic E-state index is -1.40. The van der Waals surface area contributed by atoms with E-state index in [9.17, 15) is 9.59 Å². The molecule has 0 aliphatic rings. The summed E-state index contributed by atoms with van der Waals surface area (Å²) >= 11 is 0. The Bertz CT molecular complexity index is 266. The van der Waals surface area contributed by atoms with E-state index in [-0.39, 0.29) is 6.61 Å². The van der Waals surface area contributed by atoms with E-state index in [2.05, 4.69) is 11.3 Å². The summed E-state index contributed by atoms with van der Waals surface area (Å²) in [7, 11) is 0. The monoisotopic (exact) mass is 262 g/mol. The van der Waals surface area contributed by atoms with Crippen LogP contribution in [0.5, 0.6) is 0 Å². The maximum absolute atomic E-state index is 10.7. The molecule has 0 aliphatic heterocycles. The van der Waals surface area contributed by atoms with Crippen molar-refractivity contribution < 1.29 is 29.3 Å². The average molecular weight is 262 g/mol. The Hall–Kier alpha value is -1.40. The number of carboxylic acids is 1. The number of rotatable bonds is 6. The standard InChI is InChI=1S/C7H12O3.C5H10O3/c1-4-5-10-6(8)7(2,3)9;1-3-8-4(2)5(6)7/h4,9H,1,5H2,2-3H3;4H,3H2,1-2H3,(H,6,7). The van der Waals surface area contributed by atoms with E-state index in [0.29, 0.717) is 6.61 Å². The van der Waals surface area contributed by atoms with Gasteiger partial charge in [0.15, 0.2) is 11.7 Å². The third-order valence-electron chi connectivity index (χ3n) is 1.60. The maximum atomic E-state index is 10.7. The molecule has 0 rings (SSSR count). The van der Waals surface area contributed by atoms with Gasteiger partial charge in [-0.05, 0) is 27.7 Å². The number of hydrogen-bond acceptors (Lipinski definition) is 5. The second-order valence-electron chi connectivity index (χ2n) is 3.88. The van der Waals surface area contributed by atoms with Crippen molar-refractivity contribution in [2.75, 3.05) is 13.2 Å². The number of aliphatic carboxylic acids is 1. The van der Waals surface area contributed by atoms with Crippen LogP contribution in [0.4, 0.5) is 0 Å². The van der Waals surface area contributed by atoms with Crippen molar-refractivity contribution in [1.82, 2.24) is 0 Å². The lowest BCUT2D eigenvalue weighted by Gasteiger charge is -2.13. The van der Waals surface area contributed by atoms with Crippen LogP contribution in [0.3, 0.4) is 0 Å². The summed E-state index contributed by atoms with van der Waals surface area (Å²) in [6.45, 7) is 9.97. The normalized spacial score (nSPS) is 11.8. The number of hydrogen-bond donors (Lipinski definition) is 2. The van der Waals surface area contributed by atoms with Gasteiger partial charge in [-0.2, -0.15) is 0 Å². The molecule has 106 valence electrons. The summed E-state index contributed by atoms with van der Waals surface area (Å²) in [5.74, 6) is -1.54. The molecular weight excluding hydrogens is 240 g/mol. The first kappa shape index (κ1) is 19.0. The van der Waals surface area contributed by atoms with Crippen molar-refractivity contribution in [1.29, 1.82) is 0 Å². The minimum absolute atomic E-state index is 0.142. The first-order valence-corrected chi connectivity index (χ1v) is 5.51. The van der Waals surface area contributed by atoms with Gasteiger partial charge in [0.1, 0.15) is 6.61 Å². The third kappa shape index (κ3) is 11.1. The van der Waals surface area contributed by atoms with E-state index in [4.69, 9.17) is 14.9 Å². The number of esters is 1. The molecule has 18 heavy (non-hydrogen) atoms. The number of aliphatic hydroxyl groups is 1. The number of carbonyl (C=O) groups excluding carboxylic acids is 1. The Labute approximate surface area is 107 Å². The van der Waals surface area contributed by atoms with Crippen molar-refractivity contribution in [2.45, 2.75) is 39.4 Å². The van der Waals surface area contributed by atoms with Crippen LogP contribution in [-0.4, -0.2) is 47.1 Å². The quantitative estimate of drug-likeness (QED) is 0.547. The lowest BCUT2D eigenvalue weighted by atomic mass is 10.1. The molecule has 6 heteroatoms. The van der Waals surface area contributed by atoms with Crippen LogP contribution in [0.15, 0.2) is 12.7 Å². The first-order chi connectivity index (χ1) is 8.16. The van der Waals surface area contributed by atoms with Crippen molar-refractivity contribution in [3.05, 3.63) is 12.7 Å². The average Bonchev–Trinajstić information content (AvgIpc) is 2.25. The van der Waals surface area contributed by atoms with Crippen LogP contribution >= 0.6 is 0 Å². The van der Waals surface area contributed by atoms with Gasteiger partial charge in [-0.1, -0.05) is 12.7 Å². The van der Waals surface area contributed by atoms with Crippen LogP contribution < -0.4 is 0 Å². The fourth-order valence-electron chi connectivity index (χ4n) is 0.633. The number of carboxylic acid groups (broad SMARTS) is 1. The van der Waals surface area contributed by atoms with Crippen molar-refractivity contribution in [3.8, 4) is 0 Å². The summed E-state index contributed by atoms with van der Waals surface area (Å²) in [5.41, 5.74) is -1.40.